The molecule has 0 fully saturated rings. The number of rotatable bonds is 6. The van der Waals surface area contributed by atoms with E-state index in [0.29, 0.717) is 0 Å². The molecule has 0 aliphatic heterocycles. The lowest BCUT2D eigenvalue weighted by molar-refractivity contribution is 0.0383. The molecule has 0 unspecified atom stereocenters. The van der Waals surface area contributed by atoms with Gasteiger partial charge in [0.05, 0.1) is 18.7 Å². The van der Waals surface area contributed by atoms with E-state index in [1.54, 1.807) is 0 Å². The predicted molar refractivity (Wildman–Crippen MR) is 110 cm³/mol. The lowest BCUT2D eigenvalue weighted by atomic mass is 9.95. The van der Waals surface area contributed by atoms with Crippen LogP contribution in [0, 0.1) is 0 Å². The molecule has 148 valence electrons. The van der Waals surface area contributed by atoms with E-state index in [4.69, 9.17) is 10.2 Å². The van der Waals surface area contributed by atoms with Crippen LogP contribution in [-0.4, -0.2) is 42.6 Å². The molecule has 2 atom stereocenters. The molecule has 0 aliphatic carbocycles. The summed E-state index contributed by atoms with van der Waals surface area (Å²) >= 11 is 0. The summed E-state index contributed by atoms with van der Waals surface area (Å²) in [7, 11) is -2.03. The first-order valence-corrected chi connectivity index (χ1v) is 12.1. The van der Waals surface area contributed by atoms with Crippen LogP contribution in [-0.2, 0) is 4.43 Å². The molecule has 0 aromatic heterocycles. The average Bonchev–Trinajstić information content (AvgIpc) is 2.48. The van der Waals surface area contributed by atoms with E-state index in [1.807, 2.05) is 51.1 Å². The van der Waals surface area contributed by atoms with E-state index < -0.39 is 32.0 Å². The number of carbonyl (C=O) groups is 1. The standard InChI is InChI=1S/C20H36N2O3Si/c1-19(2,3)22(18(23)24)16(14-25-26(7,8)20(4,5)6)17(21)15-12-10-9-11-13-15/h9-13,16-17H,14,21H2,1-8H3,(H,23,24)/t16-,17-/m1/s1. The van der Waals surface area contributed by atoms with Crippen LogP contribution in [0.1, 0.15) is 53.1 Å². The van der Waals surface area contributed by atoms with Gasteiger partial charge in [-0.3, -0.25) is 4.90 Å². The smallest absolute Gasteiger partial charge is 0.408 e. The van der Waals surface area contributed by atoms with Gasteiger partial charge in [-0.2, -0.15) is 0 Å². The number of hydrogen-bond donors (Lipinski definition) is 2. The number of carboxylic acid groups (broad SMARTS) is 1. The molecule has 6 heteroatoms. The molecule has 1 aromatic carbocycles. The first-order valence-electron chi connectivity index (χ1n) is 9.15. The molecule has 3 N–H and O–H groups in total. The normalized spacial score (nSPS) is 15.4. The van der Waals surface area contributed by atoms with Crippen molar-refractivity contribution in [3.8, 4) is 0 Å². The molecule has 0 saturated carbocycles. The molecular formula is C20H36N2O3Si. The summed E-state index contributed by atoms with van der Waals surface area (Å²) < 4.78 is 6.38. The van der Waals surface area contributed by atoms with Crippen LogP contribution in [0.25, 0.3) is 0 Å². The monoisotopic (exact) mass is 380 g/mol. The van der Waals surface area contributed by atoms with Crippen LogP contribution in [0.2, 0.25) is 18.1 Å². The Bertz CT molecular complexity index is 591. The van der Waals surface area contributed by atoms with E-state index in [0.717, 1.165) is 5.56 Å². The summed E-state index contributed by atoms with van der Waals surface area (Å²) in [6.45, 7) is 16.8. The third-order valence-corrected chi connectivity index (χ3v) is 9.78. The molecule has 0 spiro atoms. The zero-order valence-corrected chi connectivity index (χ0v) is 18.5. The number of benzene rings is 1. The summed E-state index contributed by atoms with van der Waals surface area (Å²) in [5.74, 6) is 0. The SMILES string of the molecule is CC(C)(C)N(C(=O)O)[C@H](CO[Si](C)(C)C(C)(C)C)[C@H](N)c1ccccc1. The van der Waals surface area contributed by atoms with Crippen molar-refractivity contribution in [1.29, 1.82) is 0 Å². The summed E-state index contributed by atoms with van der Waals surface area (Å²) in [4.78, 5) is 13.5. The summed E-state index contributed by atoms with van der Waals surface area (Å²) in [5.41, 5.74) is 6.87. The Kier molecular flexibility index (Phi) is 7.07. The molecule has 0 aliphatic rings. The Hall–Kier alpha value is -1.37. The zero-order chi connectivity index (χ0) is 20.3. The fourth-order valence-electron chi connectivity index (χ4n) is 2.67. The largest absolute Gasteiger partial charge is 0.465 e. The summed E-state index contributed by atoms with van der Waals surface area (Å²) in [5, 5.41) is 9.94. The summed E-state index contributed by atoms with van der Waals surface area (Å²) in [6.07, 6.45) is -0.979. The van der Waals surface area contributed by atoms with E-state index in [-0.39, 0.29) is 11.6 Å². The van der Waals surface area contributed by atoms with Gasteiger partial charge in [0.25, 0.3) is 0 Å². The van der Waals surface area contributed by atoms with Crippen molar-refractivity contribution in [3.63, 3.8) is 0 Å². The van der Waals surface area contributed by atoms with Gasteiger partial charge in [-0.1, -0.05) is 51.1 Å². The van der Waals surface area contributed by atoms with E-state index in [9.17, 15) is 9.90 Å². The van der Waals surface area contributed by atoms with Crippen LogP contribution in [0.5, 0.6) is 0 Å². The molecule has 5 nitrogen and oxygen atoms in total. The van der Waals surface area contributed by atoms with Gasteiger partial charge in [-0.05, 0) is 44.5 Å². The number of nitrogens with zero attached hydrogens (tertiary/aromatic N) is 1. The minimum Gasteiger partial charge on any atom is -0.465 e. The first kappa shape index (κ1) is 22.7. The van der Waals surface area contributed by atoms with E-state index in [2.05, 4.69) is 33.9 Å². The van der Waals surface area contributed by atoms with Crippen LogP contribution < -0.4 is 5.73 Å². The van der Waals surface area contributed by atoms with Gasteiger partial charge in [0, 0.05) is 5.54 Å². The second-order valence-electron chi connectivity index (χ2n) is 9.40. The molecule has 0 bridgehead atoms. The highest BCUT2D eigenvalue weighted by atomic mass is 28.4. The minimum absolute atomic E-state index is 0.0458. The van der Waals surface area contributed by atoms with Crippen LogP contribution in [0.4, 0.5) is 4.79 Å². The van der Waals surface area contributed by atoms with Gasteiger partial charge in [-0.15, -0.1) is 0 Å². The van der Waals surface area contributed by atoms with Gasteiger partial charge in [0.1, 0.15) is 0 Å². The molecule has 0 saturated heterocycles. The van der Waals surface area contributed by atoms with Crippen LogP contribution in [0.15, 0.2) is 30.3 Å². The van der Waals surface area contributed by atoms with E-state index >= 15 is 0 Å². The van der Waals surface area contributed by atoms with Crippen molar-refractivity contribution < 1.29 is 14.3 Å². The van der Waals surface area contributed by atoms with Crippen molar-refractivity contribution in [3.05, 3.63) is 35.9 Å². The lowest BCUT2D eigenvalue weighted by Gasteiger charge is -2.44. The van der Waals surface area contributed by atoms with Crippen molar-refractivity contribution in [2.75, 3.05) is 6.61 Å². The minimum atomic E-state index is -2.03. The Labute approximate surface area is 159 Å². The van der Waals surface area contributed by atoms with Crippen LogP contribution >= 0.6 is 0 Å². The van der Waals surface area contributed by atoms with Gasteiger partial charge >= 0.3 is 6.09 Å². The molecule has 0 heterocycles. The highest BCUT2D eigenvalue weighted by Crippen LogP contribution is 2.37. The Morgan fingerprint density at radius 1 is 1.15 bits per heavy atom. The fraction of sp³-hybridized carbons (Fsp3) is 0.650. The highest BCUT2D eigenvalue weighted by Gasteiger charge is 2.41. The first-order chi connectivity index (χ1) is 11.7. The van der Waals surface area contributed by atoms with Crippen molar-refractivity contribution in [1.82, 2.24) is 4.90 Å². The number of amides is 1. The third kappa shape index (κ3) is 5.56. The number of hydrogen-bond acceptors (Lipinski definition) is 3. The highest BCUT2D eigenvalue weighted by molar-refractivity contribution is 6.74. The molecule has 1 amide bonds. The molecule has 0 radical (unpaired) electrons. The van der Waals surface area contributed by atoms with E-state index in [1.165, 1.54) is 4.90 Å². The van der Waals surface area contributed by atoms with Crippen molar-refractivity contribution >= 4 is 14.4 Å². The Balaban J connectivity index is 3.23. The molecular weight excluding hydrogens is 344 g/mol. The Morgan fingerprint density at radius 2 is 1.65 bits per heavy atom. The van der Waals surface area contributed by atoms with Gasteiger partial charge < -0.3 is 15.3 Å². The van der Waals surface area contributed by atoms with Gasteiger partial charge in [0.2, 0.25) is 0 Å². The van der Waals surface area contributed by atoms with Crippen molar-refractivity contribution in [2.24, 2.45) is 5.73 Å². The van der Waals surface area contributed by atoms with Crippen molar-refractivity contribution in [2.45, 2.75) is 77.3 Å². The summed E-state index contributed by atoms with van der Waals surface area (Å²) in [6, 6.07) is 8.71. The Morgan fingerprint density at radius 3 is 2.04 bits per heavy atom. The molecule has 26 heavy (non-hydrogen) atoms. The zero-order valence-electron chi connectivity index (χ0n) is 17.5. The van der Waals surface area contributed by atoms with Crippen LogP contribution in [0.3, 0.4) is 0 Å². The molecule has 1 rings (SSSR count). The average molecular weight is 381 g/mol. The number of nitrogens with two attached hydrogens (primary N) is 1. The fourth-order valence-corrected chi connectivity index (χ4v) is 3.69. The quantitative estimate of drug-likeness (QED) is 0.691. The topological polar surface area (TPSA) is 75.8 Å². The van der Waals surface area contributed by atoms with Gasteiger partial charge in [0.15, 0.2) is 8.32 Å². The second-order valence-corrected chi connectivity index (χ2v) is 14.2. The second kappa shape index (κ2) is 8.11. The maximum Gasteiger partial charge on any atom is 0.408 e. The maximum absolute atomic E-state index is 12.1. The lowest BCUT2D eigenvalue weighted by Crippen LogP contribution is -2.57. The predicted octanol–water partition coefficient (Wildman–Crippen LogP) is 4.86. The third-order valence-electron chi connectivity index (χ3n) is 5.28. The molecule has 1 aromatic rings. The maximum atomic E-state index is 12.1. The van der Waals surface area contributed by atoms with Gasteiger partial charge in [-0.25, -0.2) is 4.79 Å².